The van der Waals surface area contributed by atoms with E-state index in [1.165, 1.54) is 42.6 Å². The minimum absolute atomic E-state index is 0.0104. The zero-order valence-corrected chi connectivity index (χ0v) is 17.0. The molecule has 2 heterocycles. The average Bonchev–Trinajstić information content (AvgIpc) is 3.03. The maximum absolute atomic E-state index is 12.6. The fourth-order valence-electron chi connectivity index (χ4n) is 3.61. The summed E-state index contributed by atoms with van der Waals surface area (Å²) in [5.41, 5.74) is 0.0242. The number of thioether (sulfide) groups is 1. The Morgan fingerprint density at radius 1 is 1.19 bits per heavy atom. The van der Waals surface area contributed by atoms with Gasteiger partial charge in [0.2, 0.25) is 5.91 Å². The Morgan fingerprint density at radius 2 is 1.89 bits per heavy atom. The van der Waals surface area contributed by atoms with Gasteiger partial charge in [0.15, 0.2) is 16.3 Å². The normalized spacial score (nSPS) is 15.4. The van der Waals surface area contributed by atoms with Gasteiger partial charge in [0.1, 0.15) is 0 Å². The minimum atomic E-state index is -0.403. The summed E-state index contributed by atoms with van der Waals surface area (Å²) in [4.78, 5) is 41.6. The fraction of sp³-hybridized carbons (Fsp3) is 0.667. The topological polar surface area (TPSA) is 90.9 Å². The number of fused-ring (bicyclic) bond motifs is 1. The molecule has 0 saturated heterocycles. The number of carbonyl (C=O) groups excluding carboxylic acids is 1. The summed E-state index contributed by atoms with van der Waals surface area (Å²) < 4.78 is 4.31. The average molecular weight is 394 g/mol. The van der Waals surface area contributed by atoms with Gasteiger partial charge in [0, 0.05) is 26.7 Å². The Bertz CT molecular complexity index is 953. The molecule has 1 saturated carbocycles. The molecule has 2 aromatic rings. The highest BCUT2D eigenvalue weighted by molar-refractivity contribution is 7.99. The molecule has 1 aliphatic rings. The monoisotopic (exact) mass is 393 g/mol. The molecule has 148 valence electrons. The van der Waals surface area contributed by atoms with Crippen LogP contribution in [0.2, 0.25) is 0 Å². The molecule has 1 aliphatic carbocycles. The third-order valence-electron chi connectivity index (χ3n) is 5.06. The molecule has 0 radical (unpaired) electrons. The summed E-state index contributed by atoms with van der Waals surface area (Å²) in [6.07, 6.45) is 6.49. The predicted molar refractivity (Wildman–Crippen MR) is 106 cm³/mol. The number of amides is 1. The van der Waals surface area contributed by atoms with Gasteiger partial charge in [-0.3, -0.25) is 18.7 Å². The van der Waals surface area contributed by atoms with Crippen molar-refractivity contribution in [3.8, 4) is 0 Å². The molecule has 1 N–H and O–H groups in total. The maximum atomic E-state index is 12.6. The standard InChI is InChI=1S/C18H27N5O3S/c1-4-10-23-14-15(21(2)18(26)22(3)16(14)25)20-17(23)27-11-13(24)19-12-8-6-5-7-9-12/h12H,4-11H2,1-3H3,(H,19,24). The molecule has 1 amide bonds. The van der Waals surface area contributed by atoms with Crippen LogP contribution in [0.3, 0.4) is 0 Å². The van der Waals surface area contributed by atoms with E-state index in [4.69, 9.17) is 0 Å². The van der Waals surface area contributed by atoms with Crippen molar-refractivity contribution in [1.82, 2.24) is 24.0 Å². The highest BCUT2D eigenvalue weighted by Crippen LogP contribution is 2.22. The summed E-state index contributed by atoms with van der Waals surface area (Å²) in [7, 11) is 3.08. The number of aromatic nitrogens is 4. The number of rotatable bonds is 6. The van der Waals surface area contributed by atoms with Crippen LogP contribution in [0.5, 0.6) is 0 Å². The van der Waals surface area contributed by atoms with E-state index in [0.717, 1.165) is 23.8 Å². The third kappa shape index (κ3) is 3.97. The van der Waals surface area contributed by atoms with E-state index in [2.05, 4.69) is 10.3 Å². The third-order valence-corrected chi connectivity index (χ3v) is 6.04. The predicted octanol–water partition coefficient (Wildman–Crippen LogP) is 1.38. The molecule has 27 heavy (non-hydrogen) atoms. The molecule has 2 aromatic heterocycles. The van der Waals surface area contributed by atoms with Crippen molar-refractivity contribution >= 4 is 28.8 Å². The van der Waals surface area contributed by atoms with Crippen LogP contribution >= 0.6 is 11.8 Å². The molecule has 8 nitrogen and oxygen atoms in total. The van der Waals surface area contributed by atoms with Gasteiger partial charge >= 0.3 is 5.69 Å². The molecule has 0 bridgehead atoms. The van der Waals surface area contributed by atoms with E-state index in [1.807, 2.05) is 11.5 Å². The van der Waals surface area contributed by atoms with Crippen LogP contribution in [-0.4, -0.2) is 36.4 Å². The molecule has 3 rings (SSSR count). The maximum Gasteiger partial charge on any atom is 0.332 e. The van der Waals surface area contributed by atoms with Gasteiger partial charge in [-0.05, 0) is 19.3 Å². The van der Waals surface area contributed by atoms with Crippen molar-refractivity contribution in [3.63, 3.8) is 0 Å². The van der Waals surface area contributed by atoms with Crippen molar-refractivity contribution in [2.45, 2.75) is 63.2 Å². The second kappa shape index (κ2) is 8.33. The van der Waals surface area contributed by atoms with Crippen LogP contribution in [0.4, 0.5) is 0 Å². The van der Waals surface area contributed by atoms with Crippen LogP contribution in [0, 0.1) is 0 Å². The van der Waals surface area contributed by atoms with E-state index in [-0.39, 0.29) is 23.3 Å². The highest BCUT2D eigenvalue weighted by Gasteiger charge is 2.20. The first-order chi connectivity index (χ1) is 12.9. The molecule has 1 fully saturated rings. The lowest BCUT2D eigenvalue weighted by Gasteiger charge is -2.22. The highest BCUT2D eigenvalue weighted by atomic mass is 32.2. The number of carbonyl (C=O) groups is 1. The van der Waals surface area contributed by atoms with Gasteiger partial charge < -0.3 is 9.88 Å². The molecule has 0 atom stereocenters. The molecule has 9 heteroatoms. The molecule has 0 spiro atoms. The first-order valence-electron chi connectivity index (χ1n) is 9.52. The van der Waals surface area contributed by atoms with Gasteiger partial charge in [-0.25, -0.2) is 9.78 Å². The lowest BCUT2D eigenvalue weighted by molar-refractivity contribution is -0.119. The van der Waals surface area contributed by atoms with Crippen LogP contribution in [0.25, 0.3) is 11.2 Å². The first-order valence-corrected chi connectivity index (χ1v) is 10.5. The lowest BCUT2D eigenvalue weighted by Crippen LogP contribution is -2.37. The summed E-state index contributed by atoms with van der Waals surface area (Å²) in [5, 5.41) is 3.70. The summed E-state index contributed by atoms with van der Waals surface area (Å²) in [6.45, 7) is 2.62. The lowest BCUT2D eigenvalue weighted by atomic mass is 9.95. The number of imidazole rings is 1. The summed E-state index contributed by atoms with van der Waals surface area (Å²) in [5.74, 6) is 0.237. The van der Waals surface area contributed by atoms with Crippen molar-refractivity contribution in [2.24, 2.45) is 14.1 Å². The number of nitrogens with zero attached hydrogens (tertiary/aromatic N) is 4. The van der Waals surface area contributed by atoms with E-state index in [0.29, 0.717) is 22.9 Å². The van der Waals surface area contributed by atoms with E-state index in [9.17, 15) is 14.4 Å². The van der Waals surface area contributed by atoms with Crippen LogP contribution in [-0.2, 0) is 25.4 Å². The first kappa shape index (κ1) is 19.7. The van der Waals surface area contributed by atoms with Crippen molar-refractivity contribution in [2.75, 3.05) is 5.75 Å². The molecule has 0 aliphatic heterocycles. The summed E-state index contributed by atoms with van der Waals surface area (Å²) >= 11 is 1.31. The van der Waals surface area contributed by atoms with Crippen LogP contribution in [0.15, 0.2) is 14.7 Å². The fourth-order valence-corrected chi connectivity index (χ4v) is 4.45. The number of hydrogen-bond acceptors (Lipinski definition) is 5. The Hall–Kier alpha value is -2.03. The van der Waals surface area contributed by atoms with Gasteiger partial charge in [-0.1, -0.05) is 37.9 Å². The SMILES string of the molecule is CCCn1c(SCC(=O)NC2CCCCC2)nc2c1c(=O)n(C)c(=O)n2C. The van der Waals surface area contributed by atoms with Crippen LogP contribution < -0.4 is 16.6 Å². The summed E-state index contributed by atoms with van der Waals surface area (Å²) in [6, 6.07) is 0.273. The van der Waals surface area contributed by atoms with E-state index >= 15 is 0 Å². The molecule has 0 unspecified atom stereocenters. The van der Waals surface area contributed by atoms with E-state index < -0.39 is 5.69 Å². The zero-order valence-electron chi connectivity index (χ0n) is 16.2. The van der Waals surface area contributed by atoms with Crippen molar-refractivity contribution < 1.29 is 4.79 Å². The number of hydrogen-bond donors (Lipinski definition) is 1. The van der Waals surface area contributed by atoms with E-state index in [1.54, 1.807) is 7.05 Å². The Morgan fingerprint density at radius 3 is 2.56 bits per heavy atom. The van der Waals surface area contributed by atoms with Gasteiger partial charge in [-0.15, -0.1) is 0 Å². The molecular formula is C18H27N5O3S. The smallest absolute Gasteiger partial charge is 0.332 e. The Kier molecular flexibility index (Phi) is 6.08. The largest absolute Gasteiger partial charge is 0.353 e. The van der Waals surface area contributed by atoms with Crippen LogP contribution in [0.1, 0.15) is 45.4 Å². The van der Waals surface area contributed by atoms with Gasteiger partial charge in [-0.2, -0.15) is 0 Å². The van der Waals surface area contributed by atoms with Crippen molar-refractivity contribution in [3.05, 3.63) is 20.8 Å². The quantitative estimate of drug-likeness (QED) is 0.749. The number of aryl methyl sites for hydroxylation is 2. The van der Waals surface area contributed by atoms with Gasteiger partial charge in [0.25, 0.3) is 5.56 Å². The van der Waals surface area contributed by atoms with Crippen molar-refractivity contribution in [1.29, 1.82) is 0 Å². The Labute approximate surface area is 162 Å². The number of nitrogens with one attached hydrogen (secondary N) is 1. The second-order valence-electron chi connectivity index (χ2n) is 7.12. The molecular weight excluding hydrogens is 366 g/mol. The van der Waals surface area contributed by atoms with Gasteiger partial charge in [0.05, 0.1) is 5.75 Å². The Balaban J connectivity index is 1.85. The second-order valence-corrected chi connectivity index (χ2v) is 8.06. The zero-order chi connectivity index (χ0) is 19.6. The molecule has 0 aromatic carbocycles. The minimum Gasteiger partial charge on any atom is -0.353 e.